The molecule has 1 aromatic rings. The van der Waals surface area contributed by atoms with E-state index in [-0.39, 0.29) is 35.3 Å². The quantitative estimate of drug-likeness (QED) is 0.436. The molecule has 0 radical (unpaired) electrons. The Kier molecular flexibility index (Phi) is 6.74. The first-order chi connectivity index (χ1) is 9.91. The Hall–Kier alpha value is 1.18. The predicted molar refractivity (Wildman–Crippen MR) is 106 cm³/mol. The SMILES string of the molecule is Cc1sc(C)c([PH+]2[C@@H](C)CC[C@@H]2C)c1[PH+]1[C@@H](C)CC[C@@H]1C.[Ru]. The van der Waals surface area contributed by atoms with Crippen LogP contribution in [-0.2, 0) is 19.5 Å². The van der Waals surface area contributed by atoms with Gasteiger partial charge in [0.1, 0.15) is 10.6 Å². The number of hydrogen-bond acceptors (Lipinski definition) is 1. The first-order valence-electron chi connectivity index (χ1n) is 8.76. The van der Waals surface area contributed by atoms with E-state index >= 15 is 0 Å². The van der Waals surface area contributed by atoms with Crippen molar-refractivity contribution in [3.63, 3.8) is 0 Å². The molecule has 0 aromatic carbocycles. The topological polar surface area (TPSA) is 0 Å². The minimum absolute atomic E-state index is 0. The van der Waals surface area contributed by atoms with E-state index in [1.807, 2.05) is 10.6 Å². The molecule has 0 bridgehead atoms. The van der Waals surface area contributed by atoms with Crippen LogP contribution in [0.25, 0.3) is 0 Å². The fraction of sp³-hybridized carbons (Fsp3) is 0.778. The van der Waals surface area contributed by atoms with Crippen molar-refractivity contribution in [2.75, 3.05) is 0 Å². The Balaban J connectivity index is 0.00000176. The molecule has 2 saturated heterocycles. The molecule has 0 N–H and O–H groups in total. The molecule has 1 aromatic heterocycles. The zero-order valence-electron chi connectivity index (χ0n) is 14.9. The smallest absolute Gasteiger partial charge is 0.137 e. The van der Waals surface area contributed by atoms with Gasteiger partial charge >= 0.3 is 0 Å². The molecule has 4 atom stereocenters. The van der Waals surface area contributed by atoms with Crippen LogP contribution < -0.4 is 10.6 Å². The van der Waals surface area contributed by atoms with E-state index in [4.69, 9.17) is 0 Å². The molecule has 0 amide bonds. The number of aryl methyl sites for hydroxylation is 2. The van der Waals surface area contributed by atoms with Crippen LogP contribution in [0.15, 0.2) is 0 Å². The van der Waals surface area contributed by atoms with Gasteiger partial charge in [-0.25, -0.2) is 0 Å². The summed E-state index contributed by atoms with van der Waals surface area (Å²) in [5, 5.41) is 3.88. The van der Waals surface area contributed by atoms with Crippen LogP contribution in [0.3, 0.4) is 0 Å². The van der Waals surface area contributed by atoms with Gasteiger partial charge in [-0.05, 0) is 67.2 Å². The largest absolute Gasteiger partial charge is 0.147 e. The van der Waals surface area contributed by atoms with Crippen LogP contribution in [0.2, 0.25) is 0 Å². The van der Waals surface area contributed by atoms with Gasteiger partial charge in [0.15, 0.2) is 0 Å². The third kappa shape index (κ3) is 3.29. The van der Waals surface area contributed by atoms with Crippen molar-refractivity contribution in [1.82, 2.24) is 0 Å². The molecule has 0 saturated carbocycles. The summed E-state index contributed by atoms with van der Waals surface area (Å²) in [7, 11) is -0.662. The van der Waals surface area contributed by atoms with E-state index in [2.05, 4.69) is 52.9 Å². The summed E-state index contributed by atoms with van der Waals surface area (Å²) in [6.07, 6.45) is 5.93. The average molecular weight is 444 g/mol. The van der Waals surface area contributed by atoms with Gasteiger partial charge in [-0.1, -0.05) is 0 Å². The van der Waals surface area contributed by atoms with Crippen LogP contribution >= 0.6 is 27.2 Å². The van der Waals surface area contributed by atoms with E-state index in [0.717, 1.165) is 22.6 Å². The second kappa shape index (κ2) is 7.60. The maximum absolute atomic E-state index is 2.55. The zero-order valence-corrected chi connectivity index (χ0v) is 19.5. The summed E-state index contributed by atoms with van der Waals surface area (Å²) in [6, 6.07) is 0. The van der Waals surface area contributed by atoms with E-state index in [9.17, 15) is 0 Å². The van der Waals surface area contributed by atoms with Crippen LogP contribution in [-0.4, -0.2) is 22.6 Å². The van der Waals surface area contributed by atoms with E-state index in [0.29, 0.717) is 0 Å². The third-order valence-electron chi connectivity index (χ3n) is 6.03. The molecule has 2 fully saturated rings. The Morgan fingerprint density at radius 1 is 0.682 bits per heavy atom. The molecule has 0 unspecified atom stereocenters. The Bertz CT molecular complexity index is 463. The van der Waals surface area contributed by atoms with Gasteiger partial charge in [0.2, 0.25) is 0 Å². The second-order valence-corrected chi connectivity index (χ2v) is 15.8. The van der Waals surface area contributed by atoms with Gasteiger partial charge in [0.05, 0.1) is 22.6 Å². The summed E-state index contributed by atoms with van der Waals surface area (Å²) >= 11 is 2.13. The molecule has 3 heterocycles. The van der Waals surface area contributed by atoms with Crippen molar-refractivity contribution >= 4 is 37.8 Å². The molecule has 0 nitrogen and oxygen atoms in total. The molecule has 2 aliphatic rings. The normalized spacial score (nSPS) is 33.4. The van der Waals surface area contributed by atoms with Crippen molar-refractivity contribution in [3.05, 3.63) is 9.75 Å². The summed E-state index contributed by atoms with van der Waals surface area (Å²) in [5.41, 5.74) is 3.97. The van der Waals surface area contributed by atoms with Crippen LogP contribution in [0.4, 0.5) is 0 Å². The van der Waals surface area contributed by atoms with Gasteiger partial charge in [0.25, 0.3) is 0 Å². The van der Waals surface area contributed by atoms with Gasteiger partial charge in [-0.3, -0.25) is 0 Å². The van der Waals surface area contributed by atoms with E-state index in [1.165, 1.54) is 25.7 Å². The molecule has 4 heteroatoms. The van der Waals surface area contributed by atoms with E-state index < -0.39 is 0 Å². The first kappa shape index (κ1) is 19.5. The van der Waals surface area contributed by atoms with Crippen molar-refractivity contribution in [1.29, 1.82) is 0 Å². The zero-order chi connectivity index (χ0) is 15.3. The van der Waals surface area contributed by atoms with Crippen molar-refractivity contribution in [2.45, 2.75) is 89.9 Å². The third-order valence-corrected chi connectivity index (χ3v) is 15.5. The fourth-order valence-electron chi connectivity index (χ4n) is 4.96. The molecule has 22 heavy (non-hydrogen) atoms. The Labute approximate surface area is 156 Å². The van der Waals surface area contributed by atoms with Crippen molar-refractivity contribution in [2.24, 2.45) is 0 Å². The molecule has 3 rings (SSSR count). The molecule has 0 spiro atoms. The summed E-state index contributed by atoms with van der Waals surface area (Å²) in [6.45, 7) is 15.1. The van der Waals surface area contributed by atoms with Gasteiger partial charge in [-0.15, -0.1) is 11.3 Å². The number of thiophene rings is 1. The van der Waals surface area contributed by atoms with Gasteiger partial charge < -0.3 is 0 Å². The second-order valence-electron chi connectivity index (χ2n) is 7.63. The maximum Gasteiger partial charge on any atom is 0.147 e. The van der Waals surface area contributed by atoms with Crippen LogP contribution in [0, 0.1) is 13.8 Å². The predicted octanol–water partition coefficient (Wildman–Crippen LogP) is 5.18. The fourth-order valence-corrected chi connectivity index (χ4v) is 15.5. The number of rotatable bonds is 2. The van der Waals surface area contributed by atoms with Crippen LogP contribution in [0.1, 0.15) is 63.1 Å². The van der Waals surface area contributed by atoms with E-state index in [1.54, 1.807) is 9.75 Å². The molecular formula is C18H32P2RuS+2. The van der Waals surface area contributed by atoms with Crippen molar-refractivity contribution < 1.29 is 19.5 Å². The molecule has 0 aliphatic carbocycles. The summed E-state index contributed by atoms with van der Waals surface area (Å²) in [5.74, 6) is 0. The van der Waals surface area contributed by atoms with Crippen LogP contribution in [0.5, 0.6) is 0 Å². The summed E-state index contributed by atoms with van der Waals surface area (Å²) in [4.78, 5) is 3.39. The molecule has 2 aliphatic heterocycles. The molecular weight excluding hydrogens is 411 g/mol. The minimum atomic E-state index is -0.331. The Morgan fingerprint density at radius 3 is 1.23 bits per heavy atom. The standard InChI is InChI=1S/C18H30P2S.Ru/c1-11-7-8-12(2)19(11)17-15(5)21-16(6)18(17)20-13(3)9-10-14(20)4;/h11-14H,7-10H2,1-6H3;/p+2/t11-,12-,13-,14-;/m0./s1. The average Bonchev–Trinajstić information content (AvgIpc) is 3.00. The monoisotopic (exact) mass is 444 g/mol. The van der Waals surface area contributed by atoms with Crippen molar-refractivity contribution in [3.8, 4) is 0 Å². The summed E-state index contributed by atoms with van der Waals surface area (Å²) < 4.78 is 0. The van der Waals surface area contributed by atoms with Gasteiger partial charge in [-0.2, -0.15) is 0 Å². The maximum atomic E-state index is 2.55. The molecule has 126 valence electrons. The number of hydrogen-bond donors (Lipinski definition) is 0. The minimum Gasteiger partial charge on any atom is -0.137 e. The first-order valence-corrected chi connectivity index (χ1v) is 12.9. The Morgan fingerprint density at radius 2 is 0.955 bits per heavy atom. The van der Waals surface area contributed by atoms with Gasteiger partial charge in [0, 0.05) is 45.1 Å².